The fourth-order valence-electron chi connectivity index (χ4n) is 0.660. The van der Waals surface area contributed by atoms with Gasteiger partial charge in [0.2, 0.25) is 0 Å². The first-order valence-electron chi connectivity index (χ1n) is 3.37. The maximum Gasteiger partial charge on any atom is 0.191 e. The molecular formula is C6H9N5S2. The lowest BCUT2D eigenvalue weighted by Crippen LogP contribution is -2.01. The lowest BCUT2D eigenvalue weighted by atomic mass is 10.7. The van der Waals surface area contributed by atoms with Gasteiger partial charge in [0.25, 0.3) is 0 Å². The number of hydrogen-bond donors (Lipinski definition) is 1. The zero-order valence-electron chi connectivity index (χ0n) is 7.26. The molecule has 7 heteroatoms. The highest BCUT2D eigenvalue weighted by Crippen LogP contribution is 2.13. The van der Waals surface area contributed by atoms with E-state index in [0.29, 0.717) is 16.1 Å². The Morgan fingerprint density at radius 1 is 1.15 bits per heavy atom. The van der Waals surface area contributed by atoms with Crippen LogP contribution < -0.4 is 5.84 Å². The van der Waals surface area contributed by atoms with E-state index in [9.17, 15) is 0 Å². The van der Waals surface area contributed by atoms with E-state index in [1.165, 1.54) is 29.7 Å². The predicted octanol–water partition coefficient (Wildman–Crippen LogP) is 0.608. The summed E-state index contributed by atoms with van der Waals surface area (Å²) in [5.74, 6) is 5.49. The number of aromatic nitrogens is 3. The van der Waals surface area contributed by atoms with Gasteiger partial charge < -0.3 is 5.84 Å². The summed E-state index contributed by atoms with van der Waals surface area (Å²) < 4.78 is 0. The summed E-state index contributed by atoms with van der Waals surface area (Å²) in [6.07, 6.45) is 5.22. The second-order valence-electron chi connectivity index (χ2n) is 1.95. The van der Waals surface area contributed by atoms with E-state index >= 15 is 0 Å². The Balaban J connectivity index is 3.07. The quantitative estimate of drug-likeness (QED) is 0.344. The van der Waals surface area contributed by atoms with Gasteiger partial charge in [0.05, 0.1) is 6.21 Å². The molecule has 0 aromatic carbocycles. The zero-order valence-corrected chi connectivity index (χ0v) is 8.89. The molecule has 0 amide bonds. The molecule has 0 bridgehead atoms. The first-order valence-corrected chi connectivity index (χ1v) is 5.82. The lowest BCUT2D eigenvalue weighted by molar-refractivity contribution is 0.795. The highest BCUT2D eigenvalue weighted by Gasteiger charge is 2.02. The minimum absolute atomic E-state index is 0.492. The molecule has 0 aliphatic heterocycles. The molecule has 0 unspecified atom stereocenters. The van der Waals surface area contributed by atoms with Crippen molar-refractivity contribution < 1.29 is 0 Å². The summed E-state index contributed by atoms with van der Waals surface area (Å²) in [4.78, 5) is 12.3. The van der Waals surface area contributed by atoms with Crippen LogP contribution in [-0.2, 0) is 0 Å². The van der Waals surface area contributed by atoms with Gasteiger partial charge in [-0.3, -0.25) is 0 Å². The van der Waals surface area contributed by atoms with Gasteiger partial charge in [0.15, 0.2) is 16.1 Å². The molecule has 0 aliphatic rings. The second kappa shape index (κ2) is 5.03. The molecule has 13 heavy (non-hydrogen) atoms. The third kappa shape index (κ3) is 2.85. The molecule has 1 heterocycles. The van der Waals surface area contributed by atoms with Crippen LogP contribution in [0.3, 0.4) is 0 Å². The van der Waals surface area contributed by atoms with Crippen LogP contribution in [-0.4, -0.2) is 33.7 Å². The van der Waals surface area contributed by atoms with Gasteiger partial charge in [-0.1, -0.05) is 23.5 Å². The molecule has 1 rings (SSSR count). The molecule has 2 N–H and O–H groups in total. The Morgan fingerprint density at radius 2 is 1.69 bits per heavy atom. The number of hydrogen-bond acceptors (Lipinski definition) is 7. The molecule has 0 saturated carbocycles. The standard InChI is InChI=1S/C6H9N5S2/c1-12-5-9-4(3-8-7)10-6(11-5)13-2/h3H,7H2,1-2H3/b8-3+. The number of nitrogens with zero attached hydrogens (tertiary/aromatic N) is 4. The second-order valence-corrected chi connectivity index (χ2v) is 3.49. The number of hydrazone groups is 1. The Morgan fingerprint density at radius 3 is 2.08 bits per heavy atom. The normalized spacial score (nSPS) is 10.9. The largest absolute Gasteiger partial charge is 0.323 e. The van der Waals surface area contributed by atoms with Crippen LogP contribution in [0, 0.1) is 0 Å². The van der Waals surface area contributed by atoms with E-state index in [2.05, 4.69) is 20.1 Å². The third-order valence-corrected chi connectivity index (χ3v) is 2.26. The smallest absolute Gasteiger partial charge is 0.191 e. The van der Waals surface area contributed by atoms with Crippen LogP contribution in [0.5, 0.6) is 0 Å². The Hall–Kier alpha value is -0.820. The number of rotatable bonds is 3. The van der Waals surface area contributed by atoms with Crippen molar-refractivity contribution >= 4 is 29.7 Å². The number of nitrogens with two attached hydrogens (primary N) is 1. The zero-order chi connectivity index (χ0) is 9.68. The van der Waals surface area contributed by atoms with Crippen molar-refractivity contribution in [2.24, 2.45) is 10.9 Å². The number of thioether (sulfide) groups is 2. The van der Waals surface area contributed by atoms with E-state index in [1.807, 2.05) is 12.5 Å². The van der Waals surface area contributed by atoms with Gasteiger partial charge in [-0.25, -0.2) is 9.97 Å². The fraction of sp³-hybridized carbons (Fsp3) is 0.333. The van der Waals surface area contributed by atoms with E-state index in [1.54, 1.807) is 0 Å². The first-order chi connectivity index (χ1) is 6.30. The molecular weight excluding hydrogens is 206 g/mol. The SMILES string of the molecule is CSc1nc(/C=N/N)nc(SC)n1. The van der Waals surface area contributed by atoms with Gasteiger partial charge in [0.1, 0.15) is 0 Å². The minimum atomic E-state index is 0.492. The maximum atomic E-state index is 5.00. The van der Waals surface area contributed by atoms with Crippen molar-refractivity contribution in [2.75, 3.05) is 12.5 Å². The molecule has 0 atom stereocenters. The van der Waals surface area contributed by atoms with E-state index in [0.717, 1.165) is 0 Å². The fourth-order valence-corrected chi connectivity index (χ4v) is 1.44. The van der Waals surface area contributed by atoms with Crippen molar-refractivity contribution in [1.29, 1.82) is 0 Å². The van der Waals surface area contributed by atoms with Gasteiger partial charge in [-0.05, 0) is 12.5 Å². The van der Waals surface area contributed by atoms with Gasteiger partial charge >= 0.3 is 0 Å². The van der Waals surface area contributed by atoms with Crippen LogP contribution in [0.2, 0.25) is 0 Å². The Labute approximate surface area is 84.6 Å². The summed E-state index contributed by atoms with van der Waals surface area (Å²) in [5.41, 5.74) is 0. The topological polar surface area (TPSA) is 77.0 Å². The molecule has 1 aromatic rings. The Kier molecular flexibility index (Phi) is 3.97. The van der Waals surface area contributed by atoms with Crippen molar-refractivity contribution in [3.05, 3.63) is 5.82 Å². The van der Waals surface area contributed by atoms with Crippen LogP contribution in [0.15, 0.2) is 15.4 Å². The van der Waals surface area contributed by atoms with Crippen molar-refractivity contribution in [3.63, 3.8) is 0 Å². The van der Waals surface area contributed by atoms with Crippen LogP contribution in [0.1, 0.15) is 5.82 Å². The molecule has 5 nitrogen and oxygen atoms in total. The van der Waals surface area contributed by atoms with Crippen LogP contribution in [0.4, 0.5) is 0 Å². The Bertz CT molecular complexity index is 292. The average molecular weight is 215 g/mol. The summed E-state index contributed by atoms with van der Waals surface area (Å²) in [5, 5.41) is 4.71. The van der Waals surface area contributed by atoms with Gasteiger partial charge in [-0.2, -0.15) is 10.1 Å². The minimum Gasteiger partial charge on any atom is -0.323 e. The maximum absolute atomic E-state index is 5.00. The molecule has 0 radical (unpaired) electrons. The average Bonchev–Trinajstić information content (AvgIpc) is 2.17. The van der Waals surface area contributed by atoms with Crippen LogP contribution >= 0.6 is 23.5 Å². The lowest BCUT2D eigenvalue weighted by Gasteiger charge is -1.99. The van der Waals surface area contributed by atoms with Crippen molar-refractivity contribution in [1.82, 2.24) is 15.0 Å². The molecule has 0 saturated heterocycles. The molecule has 0 aliphatic carbocycles. The molecule has 1 aromatic heterocycles. The summed E-state index contributed by atoms with van der Waals surface area (Å²) >= 11 is 2.92. The van der Waals surface area contributed by atoms with Crippen molar-refractivity contribution in [3.8, 4) is 0 Å². The highest BCUT2D eigenvalue weighted by molar-refractivity contribution is 7.99. The van der Waals surface area contributed by atoms with E-state index in [-0.39, 0.29) is 0 Å². The third-order valence-electron chi connectivity index (χ3n) is 1.17. The van der Waals surface area contributed by atoms with E-state index < -0.39 is 0 Å². The van der Waals surface area contributed by atoms with Gasteiger partial charge in [0, 0.05) is 0 Å². The monoisotopic (exact) mass is 215 g/mol. The molecule has 0 fully saturated rings. The van der Waals surface area contributed by atoms with E-state index in [4.69, 9.17) is 5.84 Å². The predicted molar refractivity (Wildman–Crippen MR) is 55.2 cm³/mol. The van der Waals surface area contributed by atoms with Gasteiger partial charge in [-0.15, -0.1) is 0 Å². The summed E-state index contributed by atoms with van der Waals surface area (Å²) in [6.45, 7) is 0. The summed E-state index contributed by atoms with van der Waals surface area (Å²) in [6, 6.07) is 0. The van der Waals surface area contributed by atoms with Crippen LogP contribution in [0.25, 0.3) is 0 Å². The highest BCUT2D eigenvalue weighted by atomic mass is 32.2. The van der Waals surface area contributed by atoms with Crippen molar-refractivity contribution in [2.45, 2.75) is 10.3 Å². The molecule has 70 valence electrons. The summed E-state index contributed by atoms with van der Waals surface area (Å²) in [7, 11) is 0. The first kappa shape index (κ1) is 10.3. The molecule has 0 spiro atoms.